The molecular formula is C14H12BrNO2S. The van der Waals surface area contributed by atoms with Crippen molar-refractivity contribution in [3.8, 4) is 5.75 Å². The predicted molar refractivity (Wildman–Crippen MR) is 78.8 cm³/mol. The lowest BCUT2D eigenvalue weighted by Crippen LogP contribution is -2.31. The van der Waals surface area contributed by atoms with E-state index in [1.807, 2.05) is 36.4 Å². The van der Waals surface area contributed by atoms with Gasteiger partial charge in [0.2, 0.25) is 0 Å². The number of fused-ring (bicyclic) bond motifs is 1. The van der Waals surface area contributed by atoms with Gasteiger partial charge in [0.1, 0.15) is 5.75 Å². The predicted octanol–water partition coefficient (Wildman–Crippen LogP) is 3.76. The Bertz CT molecular complexity index is 611. The van der Waals surface area contributed by atoms with Gasteiger partial charge in [0.25, 0.3) is 5.91 Å². The van der Waals surface area contributed by atoms with Crippen molar-refractivity contribution < 1.29 is 9.53 Å². The van der Waals surface area contributed by atoms with Crippen LogP contribution in [0, 0.1) is 0 Å². The zero-order chi connectivity index (χ0) is 13.2. The fourth-order valence-corrected chi connectivity index (χ4v) is 3.45. The molecule has 1 N–H and O–H groups in total. The molecule has 0 fully saturated rings. The van der Waals surface area contributed by atoms with E-state index in [-0.39, 0.29) is 11.9 Å². The van der Waals surface area contributed by atoms with Crippen LogP contribution >= 0.6 is 27.3 Å². The molecule has 2 heterocycles. The molecule has 1 aliphatic heterocycles. The number of ether oxygens (including phenoxy) is 1. The van der Waals surface area contributed by atoms with Crippen LogP contribution in [0.15, 0.2) is 40.2 Å². The Morgan fingerprint density at radius 3 is 2.95 bits per heavy atom. The van der Waals surface area contributed by atoms with E-state index in [4.69, 9.17) is 4.74 Å². The van der Waals surface area contributed by atoms with Crippen molar-refractivity contribution in [1.82, 2.24) is 5.32 Å². The highest BCUT2D eigenvalue weighted by Gasteiger charge is 2.23. The molecule has 5 heteroatoms. The third-order valence-corrected chi connectivity index (χ3v) is 4.68. The maximum absolute atomic E-state index is 12.2. The summed E-state index contributed by atoms with van der Waals surface area (Å²) >= 11 is 4.81. The van der Waals surface area contributed by atoms with Crippen LogP contribution in [0.5, 0.6) is 5.75 Å². The van der Waals surface area contributed by atoms with Gasteiger partial charge in [-0.1, -0.05) is 18.2 Å². The maximum Gasteiger partial charge on any atom is 0.261 e. The standard InChI is InChI=1S/C14H12BrNO2S/c15-13-6-5-12(19-13)14(17)16-10-7-8-18-11-4-2-1-3-9(10)11/h1-6,10H,7-8H2,(H,16,17). The highest BCUT2D eigenvalue weighted by molar-refractivity contribution is 9.11. The third kappa shape index (κ3) is 2.67. The molecule has 3 nitrogen and oxygen atoms in total. The van der Waals surface area contributed by atoms with Gasteiger partial charge < -0.3 is 10.1 Å². The van der Waals surface area contributed by atoms with Gasteiger partial charge in [-0.2, -0.15) is 0 Å². The van der Waals surface area contributed by atoms with Crippen molar-refractivity contribution in [3.05, 3.63) is 50.6 Å². The molecular weight excluding hydrogens is 326 g/mol. The zero-order valence-corrected chi connectivity index (χ0v) is 12.5. The second-order valence-electron chi connectivity index (χ2n) is 4.30. The van der Waals surface area contributed by atoms with Gasteiger partial charge in [0, 0.05) is 12.0 Å². The van der Waals surface area contributed by atoms with E-state index in [1.54, 1.807) is 0 Å². The molecule has 0 radical (unpaired) electrons. The number of carbonyl (C=O) groups excluding carboxylic acids is 1. The topological polar surface area (TPSA) is 38.3 Å². The number of para-hydroxylation sites is 1. The van der Waals surface area contributed by atoms with Crippen molar-refractivity contribution in [3.63, 3.8) is 0 Å². The number of benzene rings is 1. The first-order chi connectivity index (χ1) is 9.24. The molecule has 2 aromatic rings. The van der Waals surface area contributed by atoms with E-state index in [1.165, 1.54) is 11.3 Å². The molecule has 0 saturated carbocycles. The van der Waals surface area contributed by atoms with Crippen LogP contribution in [0.4, 0.5) is 0 Å². The normalized spacial score (nSPS) is 17.4. The summed E-state index contributed by atoms with van der Waals surface area (Å²) in [5, 5.41) is 3.08. The molecule has 1 aliphatic rings. The van der Waals surface area contributed by atoms with Crippen molar-refractivity contribution in [1.29, 1.82) is 0 Å². The highest BCUT2D eigenvalue weighted by Crippen LogP contribution is 2.32. The third-order valence-electron chi connectivity index (χ3n) is 3.06. The van der Waals surface area contributed by atoms with E-state index in [9.17, 15) is 4.79 Å². The SMILES string of the molecule is O=C(NC1CCOc2ccccc21)c1ccc(Br)s1. The number of hydrogen-bond donors (Lipinski definition) is 1. The lowest BCUT2D eigenvalue weighted by atomic mass is 10.0. The van der Waals surface area contributed by atoms with E-state index in [2.05, 4.69) is 21.2 Å². The molecule has 0 aliphatic carbocycles. The molecule has 1 unspecified atom stereocenters. The number of rotatable bonds is 2. The Labute approximate surface area is 123 Å². The monoisotopic (exact) mass is 337 g/mol. The van der Waals surface area contributed by atoms with Gasteiger partial charge in [0.05, 0.1) is 21.3 Å². The lowest BCUT2D eigenvalue weighted by Gasteiger charge is -2.26. The van der Waals surface area contributed by atoms with Crippen LogP contribution in [0.2, 0.25) is 0 Å². The van der Waals surface area contributed by atoms with Crippen LogP contribution in [-0.4, -0.2) is 12.5 Å². The van der Waals surface area contributed by atoms with Crippen molar-refractivity contribution in [2.24, 2.45) is 0 Å². The number of hydrogen-bond acceptors (Lipinski definition) is 3. The number of thiophene rings is 1. The minimum atomic E-state index is -0.0302. The van der Waals surface area contributed by atoms with Crippen LogP contribution < -0.4 is 10.1 Å². The first-order valence-electron chi connectivity index (χ1n) is 6.02. The van der Waals surface area contributed by atoms with Crippen molar-refractivity contribution in [2.45, 2.75) is 12.5 Å². The van der Waals surface area contributed by atoms with Crippen molar-refractivity contribution in [2.75, 3.05) is 6.61 Å². The molecule has 98 valence electrons. The summed E-state index contributed by atoms with van der Waals surface area (Å²) < 4.78 is 6.55. The van der Waals surface area contributed by atoms with E-state index < -0.39 is 0 Å². The number of halogens is 1. The Kier molecular flexibility index (Phi) is 3.57. The summed E-state index contributed by atoms with van der Waals surface area (Å²) in [5.74, 6) is 0.837. The zero-order valence-electron chi connectivity index (χ0n) is 10.1. The van der Waals surface area contributed by atoms with E-state index >= 15 is 0 Å². The average Bonchev–Trinajstić information content (AvgIpc) is 2.86. The maximum atomic E-state index is 12.2. The fraction of sp³-hybridized carbons (Fsp3) is 0.214. The second-order valence-corrected chi connectivity index (χ2v) is 6.77. The number of amides is 1. The summed E-state index contributed by atoms with van der Waals surface area (Å²) in [5.41, 5.74) is 1.05. The molecule has 1 aromatic carbocycles. The van der Waals surface area contributed by atoms with Gasteiger partial charge in [-0.15, -0.1) is 11.3 Å². The summed E-state index contributed by atoms with van der Waals surface area (Å²) in [4.78, 5) is 12.9. The highest BCUT2D eigenvalue weighted by atomic mass is 79.9. The van der Waals surface area contributed by atoms with Gasteiger partial charge >= 0.3 is 0 Å². The minimum Gasteiger partial charge on any atom is -0.493 e. The molecule has 0 bridgehead atoms. The van der Waals surface area contributed by atoms with Gasteiger partial charge in [0.15, 0.2) is 0 Å². The van der Waals surface area contributed by atoms with Crippen LogP contribution in [-0.2, 0) is 0 Å². The van der Waals surface area contributed by atoms with Gasteiger partial charge in [-0.05, 0) is 34.1 Å². The molecule has 1 aromatic heterocycles. The quantitative estimate of drug-likeness (QED) is 0.905. The van der Waals surface area contributed by atoms with Crippen LogP contribution in [0.3, 0.4) is 0 Å². The van der Waals surface area contributed by atoms with E-state index in [0.717, 1.165) is 26.4 Å². The molecule has 1 amide bonds. The summed E-state index contributed by atoms with van der Waals surface area (Å²) in [6.07, 6.45) is 0.801. The van der Waals surface area contributed by atoms with E-state index in [0.29, 0.717) is 6.61 Å². The minimum absolute atomic E-state index is 0.0262. The molecule has 1 atom stereocenters. The summed E-state index contributed by atoms with van der Waals surface area (Å²) in [6.45, 7) is 0.635. The smallest absolute Gasteiger partial charge is 0.261 e. The second kappa shape index (κ2) is 5.35. The fourth-order valence-electron chi connectivity index (χ4n) is 2.16. The molecule has 0 spiro atoms. The number of nitrogens with one attached hydrogen (secondary N) is 1. The van der Waals surface area contributed by atoms with Crippen LogP contribution in [0.25, 0.3) is 0 Å². The Hall–Kier alpha value is -1.33. The van der Waals surface area contributed by atoms with Crippen molar-refractivity contribution >= 4 is 33.2 Å². The average molecular weight is 338 g/mol. The lowest BCUT2D eigenvalue weighted by molar-refractivity contribution is 0.0929. The first kappa shape index (κ1) is 12.7. The summed E-state index contributed by atoms with van der Waals surface area (Å²) in [7, 11) is 0. The Balaban J connectivity index is 1.79. The van der Waals surface area contributed by atoms with Gasteiger partial charge in [-0.3, -0.25) is 4.79 Å². The molecule has 19 heavy (non-hydrogen) atoms. The Morgan fingerprint density at radius 2 is 2.16 bits per heavy atom. The largest absolute Gasteiger partial charge is 0.493 e. The molecule has 3 rings (SSSR count). The summed E-state index contributed by atoms with van der Waals surface area (Å²) in [6, 6.07) is 11.6. The van der Waals surface area contributed by atoms with Crippen LogP contribution in [0.1, 0.15) is 27.7 Å². The number of carbonyl (C=O) groups is 1. The first-order valence-corrected chi connectivity index (χ1v) is 7.63. The van der Waals surface area contributed by atoms with Gasteiger partial charge in [-0.25, -0.2) is 0 Å². The molecule has 0 saturated heterocycles. The Morgan fingerprint density at radius 1 is 1.32 bits per heavy atom.